The molecule has 0 aliphatic carbocycles. The van der Waals surface area contributed by atoms with Crippen molar-refractivity contribution in [1.82, 2.24) is 0 Å². The first-order valence-electron chi connectivity index (χ1n) is 2.35. The van der Waals surface area contributed by atoms with E-state index in [1.807, 2.05) is 0 Å². The average Bonchev–Trinajstić information content (AvgIpc) is 1.95. The maximum atomic E-state index is 12.2. The molecule has 0 saturated carbocycles. The Morgan fingerprint density at radius 3 is 2.10 bits per heavy atom. The minimum absolute atomic E-state index is 0.687. The van der Waals surface area contributed by atoms with Crippen molar-refractivity contribution in [1.29, 1.82) is 0 Å². The van der Waals surface area contributed by atoms with Crippen LogP contribution in [0.2, 0.25) is 0 Å². The zero-order chi connectivity index (χ0) is 7.94. The fourth-order valence-electron chi connectivity index (χ4n) is 0.534. The summed E-state index contributed by atoms with van der Waals surface area (Å²) >= 11 is 0. The van der Waals surface area contributed by atoms with Gasteiger partial charge in [-0.3, -0.25) is 0 Å². The third-order valence-corrected chi connectivity index (χ3v) is 2.27. The topological polar surface area (TPSA) is 43.4 Å². The molecule has 1 aliphatic rings. The molecule has 0 N–H and O–H groups in total. The fourth-order valence-corrected chi connectivity index (χ4v) is 1.46. The lowest BCUT2D eigenvalue weighted by Gasteiger charge is -1.92. The monoisotopic (exact) mass is 170 g/mol. The van der Waals surface area contributed by atoms with Crippen LogP contribution in [0.3, 0.4) is 0 Å². The van der Waals surface area contributed by atoms with Gasteiger partial charge in [0, 0.05) is 0 Å². The highest BCUT2D eigenvalue weighted by Gasteiger charge is 2.46. The zero-order valence-electron chi connectivity index (χ0n) is 4.75. The first-order valence-corrected chi connectivity index (χ1v) is 3.82. The molecule has 0 spiro atoms. The lowest BCUT2D eigenvalue weighted by molar-refractivity contribution is 0.256. The van der Waals surface area contributed by atoms with E-state index in [-0.39, 0.29) is 0 Å². The van der Waals surface area contributed by atoms with Gasteiger partial charge in [-0.25, -0.2) is 8.78 Å². The second kappa shape index (κ2) is 1.91. The van der Waals surface area contributed by atoms with Crippen LogP contribution in [0.5, 0.6) is 0 Å². The molecule has 0 aromatic heterocycles. The minimum atomic E-state index is -4.36. The van der Waals surface area contributed by atoms with Gasteiger partial charge in [0.25, 0.3) is 5.50 Å². The minimum Gasteiger partial charge on any atom is -0.382 e. The summed E-state index contributed by atoms with van der Waals surface area (Å²) in [6.07, 6.45) is -2.25. The summed E-state index contributed by atoms with van der Waals surface area (Å²) in [4.78, 5) is 0. The van der Waals surface area contributed by atoms with Crippen LogP contribution in [0.4, 0.5) is 8.78 Å². The van der Waals surface area contributed by atoms with Crippen molar-refractivity contribution in [3.05, 3.63) is 12.3 Å². The lowest BCUT2D eigenvalue weighted by Crippen LogP contribution is -2.16. The highest BCUT2D eigenvalue weighted by Crippen LogP contribution is 2.29. The van der Waals surface area contributed by atoms with Crippen LogP contribution in [-0.2, 0) is 14.3 Å². The van der Waals surface area contributed by atoms with Gasteiger partial charge in [0.1, 0.15) is 0 Å². The molecule has 0 aromatic carbocycles. The van der Waals surface area contributed by atoms with E-state index in [4.69, 9.17) is 0 Å². The fraction of sp³-hybridized carbons (Fsp3) is 0.500. The Balaban J connectivity index is 3.04. The van der Waals surface area contributed by atoms with Crippen LogP contribution in [0.1, 0.15) is 0 Å². The molecule has 0 bridgehead atoms. The van der Waals surface area contributed by atoms with Gasteiger partial charge >= 0.3 is 10.1 Å². The van der Waals surface area contributed by atoms with Crippen molar-refractivity contribution in [3.8, 4) is 0 Å². The Labute approximate surface area is 56.4 Å². The Kier molecular flexibility index (Phi) is 1.43. The van der Waals surface area contributed by atoms with Crippen molar-refractivity contribution < 1.29 is 21.4 Å². The molecule has 0 radical (unpaired) electrons. The normalized spacial score (nSPS) is 37.6. The van der Waals surface area contributed by atoms with E-state index < -0.39 is 27.6 Å². The van der Waals surface area contributed by atoms with Gasteiger partial charge < -0.3 is 4.18 Å². The van der Waals surface area contributed by atoms with Gasteiger partial charge in [-0.1, -0.05) is 6.58 Å². The molecule has 2 atom stereocenters. The van der Waals surface area contributed by atoms with Crippen molar-refractivity contribution >= 4 is 10.1 Å². The van der Waals surface area contributed by atoms with Gasteiger partial charge in [-0.05, 0) is 0 Å². The van der Waals surface area contributed by atoms with Gasteiger partial charge in [-0.15, -0.1) is 0 Å². The smallest absolute Gasteiger partial charge is 0.345 e. The third-order valence-electron chi connectivity index (χ3n) is 1.04. The highest BCUT2D eigenvalue weighted by atomic mass is 32.2. The summed E-state index contributed by atoms with van der Waals surface area (Å²) < 4.78 is 48.8. The molecule has 0 amide bonds. The predicted molar refractivity (Wildman–Crippen MR) is 28.9 cm³/mol. The summed E-state index contributed by atoms with van der Waals surface area (Å²) in [7, 11) is -4.36. The number of rotatable bonds is 0. The maximum absolute atomic E-state index is 12.2. The SMILES string of the molecule is C=C1OS(=O)(=O)C(F)C1F. The largest absolute Gasteiger partial charge is 0.382 e. The van der Waals surface area contributed by atoms with Crippen LogP contribution in [0, 0.1) is 0 Å². The molecule has 2 unspecified atom stereocenters. The lowest BCUT2D eigenvalue weighted by atomic mass is 10.4. The Bertz CT molecular complexity index is 258. The van der Waals surface area contributed by atoms with Crippen molar-refractivity contribution in [2.24, 2.45) is 0 Å². The van der Waals surface area contributed by atoms with Gasteiger partial charge in [0.05, 0.1) is 0 Å². The average molecular weight is 170 g/mol. The van der Waals surface area contributed by atoms with Crippen LogP contribution in [0.15, 0.2) is 12.3 Å². The summed E-state index contributed by atoms with van der Waals surface area (Å²) in [6, 6.07) is 0. The van der Waals surface area contributed by atoms with Crippen molar-refractivity contribution in [2.75, 3.05) is 0 Å². The van der Waals surface area contributed by atoms with E-state index in [0.717, 1.165) is 0 Å². The number of hydrogen-bond donors (Lipinski definition) is 0. The number of alkyl halides is 2. The third kappa shape index (κ3) is 0.880. The molecule has 58 valence electrons. The summed E-state index contributed by atoms with van der Waals surface area (Å²) in [5.41, 5.74) is -2.61. The molecule has 0 aromatic rings. The van der Waals surface area contributed by atoms with Crippen LogP contribution >= 0.6 is 0 Å². The second-order valence-corrected chi connectivity index (χ2v) is 3.40. The molecule has 10 heavy (non-hydrogen) atoms. The number of allylic oxidation sites excluding steroid dienone is 1. The summed E-state index contributed by atoms with van der Waals surface area (Å²) in [6.45, 7) is 2.86. The molecule has 1 aliphatic heterocycles. The van der Waals surface area contributed by atoms with Crippen molar-refractivity contribution in [3.63, 3.8) is 0 Å². The highest BCUT2D eigenvalue weighted by molar-refractivity contribution is 7.87. The predicted octanol–water partition coefficient (Wildman–Crippen LogP) is 0.494. The van der Waals surface area contributed by atoms with E-state index in [1.165, 1.54) is 0 Å². The molecular formula is C4H4F2O3S. The zero-order valence-corrected chi connectivity index (χ0v) is 5.57. The van der Waals surface area contributed by atoms with Crippen LogP contribution in [-0.4, -0.2) is 20.1 Å². The molecule has 1 fully saturated rings. The first kappa shape index (κ1) is 7.46. The maximum Gasteiger partial charge on any atom is 0.345 e. The number of hydrogen-bond acceptors (Lipinski definition) is 3. The summed E-state index contributed by atoms with van der Waals surface area (Å²) in [5, 5.41) is 0. The van der Waals surface area contributed by atoms with Crippen LogP contribution < -0.4 is 0 Å². The van der Waals surface area contributed by atoms with E-state index in [1.54, 1.807) is 0 Å². The molecule has 1 saturated heterocycles. The standard InChI is InChI=1S/C4H4F2O3S/c1-2-3(5)4(6)10(7,8)9-2/h3-4H,1H2. The van der Waals surface area contributed by atoms with E-state index in [2.05, 4.69) is 10.8 Å². The Hall–Kier alpha value is -0.650. The van der Waals surface area contributed by atoms with E-state index >= 15 is 0 Å². The van der Waals surface area contributed by atoms with Gasteiger partial charge in [-0.2, -0.15) is 8.42 Å². The van der Waals surface area contributed by atoms with Gasteiger partial charge in [0.15, 0.2) is 5.76 Å². The van der Waals surface area contributed by atoms with Gasteiger partial charge in [0.2, 0.25) is 6.17 Å². The van der Waals surface area contributed by atoms with E-state index in [9.17, 15) is 17.2 Å². The molecule has 1 rings (SSSR count). The van der Waals surface area contributed by atoms with Crippen molar-refractivity contribution in [2.45, 2.75) is 11.7 Å². The van der Waals surface area contributed by atoms with Crippen LogP contribution in [0.25, 0.3) is 0 Å². The molecule has 1 heterocycles. The second-order valence-electron chi connectivity index (χ2n) is 1.80. The Morgan fingerprint density at radius 2 is 2.00 bits per heavy atom. The quantitative estimate of drug-likeness (QED) is 0.497. The molecule has 3 nitrogen and oxygen atoms in total. The molecule has 6 heteroatoms. The Morgan fingerprint density at radius 1 is 1.50 bits per heavy atom. The van der Waals surface area contributed by atoms with E-state index in [0.29, 0.717) is 0 Å². The first-order chi connectivity index (χ1) is 4.45. The summed E-state index contributed by atoms with van der Waals surface area (Å²) in [5.74, 6) is -0.687. The number of halogens is 2. The molecular weight excluding hydrogens is 166 g/mol.